The molecule has 0 aromatic carbocycles. The van der Waals surface area contributed by atoms with Crippen LogP contribution in [0.1, 0.15) is 70.2 Å². The quantitative estimate of drug-likeness (QED) is 0.0757. The molecule has 0 aliphatic rings. The van der Waals surface area contributed by atoms with Crippen LogP contribution in [0.15, 0.2) is 64.6 Å². The third-order valence-corrected chi connectivity index (χ3v) is 5.91. The molecule has 6 N–H and O–H groups in total. The number of rotatable bonds is 15. The number of amides is 3. The summed E-state index contributed by atoms with van der Waals surface area (Å²) in [5, 5.41) is 45.7. The van der Waals surface area contributed by atoms with Crippen molar-refractivity contribution in [2.45, 2.75) is 38.5 Å². The van der Waals surface area contributed by atoms with Gasteiger partial charge in [0.25, 0.3) is 17.7 Å². The van der Waals surface area contributed by atoms with Crippen LogP contribution in [0, 0.1) is 10.1 Å². The van der Waals surface area contributed by atoms with Crippen molar-refractivity contribution in [3.05, 3.63) is 95.1 Å². The Morgan fingerprint density at radius 1 is 0.587 bits per heavy atom. The van der Waals surface area contributed by atoms with E-state index >= 15 is 0 Å². The van der Waals surface area contributed by atoms with Gasteiger partial charge in [-0.05, 0) is 12.8 Å². The minimum absolute atomic E-state index is 0.0534. The zero-order valence-corrected chi connectivity index (χ0v) is 24.3. The molecule has 3 aromatic rings. The van der Waals surface area contributed by atoms with Gasteiger partial charge in [-0.25, -0.2) is 0 Å². The van der Waals surface area contributed by atoms with Crippen molar-refractivity contribution >= 4 is 17.7 Å². The van der Waals surface area contributed by atoms with Gasteiger partial charge in [-0.15, -0.1) is 0 Å². The Labute approximate surface area is 258 Å². The Morgan fingerprint density at radius 2 is 0.891 bits per heavy atom. The lowest BCUT2D eigenvalue weighted by Gasteiger charge is -2.06. The molecule has 0 fully saturated rings. The minimum atomic E-state index is -0.788. The van der Waals surface area contributed by atoms with Crippen molar-refractivity contribution in [2.75, 3.05) is 26.2 Å². The summed E-state index contributed by atoms with van der Waals surface area (Å²) in [6.45, 7) is 0.503. The highest BCUT2D eigenvalue weighted by Gasteiger charge is 2.18. The summed E-state index contributed by atoms with van der Waals surface area (Å²) in [6.07, 6.45) is 7.12. The molecule has 3 heterocycles. The maximum absolute atomic E-state index is 11.8. The van der Waals surface area contributed by atoms with Gasteiger partial charge < -0.3 is 44.5 Å². The number of nitrogens with one attached hydrogen (secondary N) is 3. The fourth-order valence-electron chi connectivity index (χ4n) is 3.55. The first-order valence-corrected chi connectivity index (χ1v) is 13.8. The molecule has 0 aliphatic heterocycles. The fourth-order valence-corrected chi connectivity index (χ4v) is 3.55. The van der Waals surface area contributed by atoms with Crippen LogP contribution in [0.25, 0.3) is 0 Å². The number of carbonyl (C=O) groups is 3. The van der Waals surface area contributed by atoms with E-state index in [1.54, 1.807) is 0 Å². The molecule has 18 nitrogen and oxygen atoms in total. The van der Waals surface area contributed by atoms with E-state index in [9.17, 15) is 54.2 Å². The summed E-state index contributed by atoms with van der Waals surface area (Å²) >= 11 is 0. The molecular weight excluding hydrogens is 616 g/mol. The lowest BCUT2D eigenvalue weighted by Crippen LogP contribution is -2.26. The number of nitrogens with zero attached hydrogens (tertiary/aromatic N) is 1. The van der Waals surface area contributed by atoms with Gasteiger partial charge in [0.1, 0.15) is 0 Å². The number of unbranched alkanes of at least 4 members (excludes halogenated alkanes) is 4. The van der Waals surface area contributed by atoms with E-state index in [0.29, 0.717) is 25.9 Å². The molecule has 0 unspecified atom stereocenters. The van der Waals surface area contributed by atoms with E-state index in [1.807, 2.05) is 0 Å². The number of nitro groups is 1. The zero-order chi connectivity index (χ0) is 34.1. The maximum Gasteiger partial charge on any atom is 0.291 e. The number of hydrogen-bond acceptors (Lipinski definition) is 14. The summed E-state index contributed by atoms with van der Waals surface area (Å²) in [6, 6.07) is 3.01. The third-order valence-electron chi connectivity index (χ3n) is 5.91. The monoisotopic (exact) mass is 648 g/mol. The van der Waals surface area contributed by atoms with Crippen molar-refractivity contribution in [3.63, 3.8) is 0 Å². The van der Waals surface area contributed by atoms with E-state index in [1.165, 1.54) is 0 Å². The largest absolute Gasteiger partial charge is 0.501 e. The Balaban J connectivity index is 0.000000368. The third kappa shape index (κ3) is 11.6. The topological polar surface area (TPSA) is 282 Å². The molecule has 0 saturated heterocycles. The molecular formula is C28H32N4O14. The van der Waals surface area contributed by atoms with Gasteiger partial charge in [0, 0.05) is 49.2 Å². The smallest absolute Gasteiger partial charge is 0.291 e. The average Bonchev–Trinajstić information content (AvgIpc) is 3.02. The molecule has 0 atom stereocenters. The summed E-state index contributed by atoms with van der Waals surface area (Å²) in [4.78, 5) is 78.0. The van der Waals surface area contributed by atoms with Gasteiger partial charge >= 0.3 is 0 Å². The minimum Gasteiger partial charge on any atom is -0.501 e. The van der Waals surface area contributed by atoms with Crippen LogP contribution in [0.2, 0.25) is 0 Å². The van der Waals surface area contributed by atoms with Crippen molar-refractivity contribution in [1.82, 2.24) is 16.0 Å². The number of hydrogen-bond donors (Lipinski definition) is 6. The Kier molecular flexibility index (Phi) is 14.7. The van der Waals surface area contributed by atoms with Gasteiger partial charge in [0.05, 0.1) is 18.8 Å². The number of aromatic hydroxyl groups is 3. The van der Waals surface area contributed by atoms with Crippen molar-refractivity contribution < 1.29 is 47.9 Å². The Bertz CT molecular complexity index is 1600. The second-order valence-corrected chi connectivity index (χ2v) is 9.33. The molecule has 3 amide bonds. The average molecular weight is 649 g/mol. The van der Waals surface area contributed by atoms with Crippen LogP contribution in [-0.4, -0.2) is 64.1 Å². The lowest BCUT2D eigenvalue weighted by atomic mass is 10.1. The van der Waals surface area contributed by atoms with Gasteiger partial charge in [-0.2, -0.15) is 0 Å². The summed E-state index contributed by atoms with van der Waals surface area (Å²) in [7, 11) is 0. The first-order chi connectivity index (χ1) is 21.9. The Morgan fingerprint density at radius 3 is 1.22 bits per heavy atom. The maximum atomic E-state index is 11.8. The number of carbonyl (C=O) groups excluding carboxylic acids is 3. The molecule has 0 spiro atoms. The summed E-state index contributed by atoms with van der Waals surface area (Å²) < 4.78 is 14.4. The Hall–Kier alpha value is -5.94. The van der Waals surface area contributed by atoms with Crippen LogP contribution in [0.4, 0.5) is 0 Å². The van der Waals surface area contributed by atoms with Gasteiger partial charge in [0.15, 0.2) is 0 Å². The molecule has 3 rings (SSSR count). The lowest BCUT2D eigenvalue weighted by molar-refractivity contribution is -0.480. The van der Waals surface area contributed by atoms with Gasteiger partial charge in [0.2, 0.25) is 57.4 Å². The predicted molar refractivity (Wildman–Crippen MR) is 156 cm³/mol. The van der Waals surface area contributed by atoms with Crippen LogP contribution in [-0.2, 0) is 0 Å². The molecule has 0 bridgehead atoms. The second kappa shape index (κ2) is 18.7. The van der Waals surface area contributed by atoms with E-state index in [0.717, 1.165) is 56.3 Å². The van der Waals surface area contributed by atoms with E-state index in [4.69, 9.17) is 8.83 Å². The van der Waals surface area contributed by atoms with Crippen LogP contribution >= 0.6 is 0 Å². The van der Waals surface area contributed by atoms with Gasteiger partial charge in [-0.3, -0.25) is 38.9 Å². The highest BCUT2D eigenvalue weighted by Crippen LogP contribution is 2.12. The first-order valence-electron chi connectivity index (χ1n) is 13.8. The SMILES string of the molecule is O=C(NCCCCCCCNC(=O)c1occc(=O)c1O)c1occc(=O)c1O.O=C(NCCC[N+](=O)[O-])c1occc(=O)c1O. The second-order valence-electron chi connectivity index (χ2n) is 9.33. The molecule has 46 heavy (non-hydrogen) atoms. The van der Waals surface area contributed by atoms with Crippen molar-refractivity contribution in [1.29, 1.82) is 0 Å². The molecule has 3 aromatic heterocycles. The normalized spacial score (nSPS) is 10.3. The van der Waals surface area contributed by atoms with Crippen molar-refractivity contribution in [3.8, 4) is 17.2 Å². The molecule has 0 saturated carbocycles. The molecule has 0 radical (unpaired) electrons. The van der Waals surface area contributed by atoms with E-state index in [2.05, 4.69) is 20.4 Å². The van der Waals surface area contributed by atoms with Crippen LogP contribution in [0.3, 0.4) is 0 Å². The van der Waals surface area contributed by atoms with Crippen molar-refractivity contribution in [2.24, 2.45) is 0 Å². The highest BCUT2D eigenvalue weighted by molar-refractivity contribution is 5.94. The molecule has 248 valence electrons. The van der Waals surface area contributed by atoms with E-state index in [-0.39, 0.29) is 19.5 Å². The van der Waals surface area contributed by atoms with Gasteiger partial charge in [-0.1, -0.05) is 19.3 Å². The first kappa shape index (κ1) is 36.3. The predicted octanol–water partition coefficient (Wildman–Crippen LogP) is 0.856. The fraction of sp³-hybridized carbons (Fsp3) is 0.357. The highest BCUT2D eigenvalue weighted by atomic mass is 16.6. The standard InChI is InChI=1S/C19H22N2O8.C9H10N2O6/c22-12-6-10-28-16(14(12)24)18(26)20-8-4-2-1-3-5-9-21-19(27)17-15(25)13(23)7-11-29-17;12-6-2-5-17-8(7(6)13)9(14)10-3-1-4-11(15)16/h6-7,10-11,24-25H,1-5,8-9H2,(H,20,26)(H,21,27);2,5,13H,1,3-4H2,(H,10,14). The molecule has 0 aliphatic carbocycles. The summed E-state index contributed by atoms with van der Waals surface area (Å²) in [5.41, 5.74) is -2.09. The summed E-state index contributed by atoms with van der Waals surface area (Å²) in [5.74, 6) is -5.62. The zero-order valence-electron chi connectivity index (χ0n) is 24.3. The molecule has 18 heteroatoms. The van der Waals surface area contributed by atoms with Crippen LogP contribution in [0.5, 0.6) is 17.2 Å². The van der Waals surface area contributed by atoms with E-state index < -0.39 is 73.5 Å². The van der Waals surface area contributed by atoms with Crippen LogP contribution < -0.4 is 32.2 Å².